The molecular weight excluding hydrogens is 240 g/mol. The van der Waals surface area contributed by atoms with Gasteiger partial charge in [0.05, 0.1) is 16.5 Å². The van der Waals surface area contributed by atoms with E-state index in [1.807, 2.05) is 27.7 Å². The SMILES string of the molecule is CC1(C)CC(S(=O)C(C)(C)C(=O)O)C(C)(C)O1. The van der Waals surface area contributed by atoms with Gasteiger partial charge in [0.2, 0.25) is 0 Å². The van der Waals surface area contributed by atoms with Crippen LogP contribution in [0, 0.1) is 0 Å². The molecule has 0 aliphatic carbocycles. The van der Waals surface area contributed by atoms with Gasteiger partial charge in [-0.25, -0.2) is 0 Å². The van der Waals surface area contributed by atoms with Crippen LogP contribution >= 0.6 is 0 Å². The van der Waals surface area contributed by atoms with Crippen LogP contribution in [0.25, 0.3) is 0 Å². The minimum atomic E-state index is -1.48. The van der Waals surface area contributed by atoms with Gasteiger partial charge >= 0.3 is 5.97 Å². The van der Waals surface area contributed by atoms with Crippen LogP contribution < -0.4 is 0 Å². The van der Waals surface area contributed by atoms with Gasteiger partial charge in [0, 0.05) is 10.8 Å². The maximum atomic E-state index is 12.5. The minimum absolute atomic E-state index is 0.261. The van der Waals surface area contributed by atoms with E-state index in [0.29, 0.717) is 6.42 Å². The van der Waals surface area contributed by atoms with E-state index in [-0.39, 0.29) is 10.9 Å². The molecule has 2 unspecified atom stereocenters. The summed E-state index contributed by atoms with van der Waals surface area (Å²) in [6.45, 7) is 10.7. The van der Waals surface area contributed by atoms with E-state index in [0.717, 1.165) is 0 Å². The molecule has 0 saturated carbocycles. The molecule has 1 aliphatic rings. The van der Waals surface area contributed by atoms with E-state index in [4.69, 9.17) is 9.84 Å². The van der Waals surface area contributed by atoms with Crippen LogP contribution in [0.2, 0.25) is 0 Å². The number of ether oxygens (including phenoxy) is 1. The van der Waals surface area contributed by atoms with Crippen molar-refractivity contribution in [2.45, 2.75) is 69.2 Å². The quantitative estimate of drug-likeness (QED) is 0.844. The maximum absolute atomic E-state index is 12.5. The lowest BCUT2D eigenvalue weighted by Gasteiger charge is -2.30. The lowest BCUT2D eigenvalue weighted by Crippen LogP contribution is -2.47. The van der Waals surface area contributed by atoms with Gasteiger partial charge in [-0.1, -0.05) is 0 Å². The van der Waals surface area contributed by atoms with Gasteiger partial charge in [-0.15, -0.1) is 0 Å². The van der Waals surface area contributed by atoms with Gasteiger partial charge in [-0.05, 0) is 48.0 Å². The molecule has 0 spiro atoms. The molecule has 0 aromatic heterocycles. The van der Waals surface area contributed by atoms with Crippen molar-refractivity contribution in [3.63, 3.8) is 0 Å². The zero-order valence-electron chi connectivity index (χ0n) is 11.4. The highest BCUT2D eigenvalue weighted by atomic mass is 32.2. The molecule has 5 heteroatoms. The summed E-state index contributed by atoms with van der Waals surface area (Å²) in [5.74, 6) is -1.03. The van der Waals surface area contributed by atoms with E-state index < -0.39 is 27.1 Å². The number of carboxylic acids is 1. The van der Waals surface area contributed by atoms with Crippen LogP contribution in [-0.2, 0) is 20.3 Å². The Kier molecular flexibility index (Phi) is 3.49. The van der Waals surface area contributed by atoms with Gasteiger partial charge in [-0.2, -0.15) is 0 Å². The molecular formula is C12H22O4S. The Morgan fingerprint density at radius 3 is 2.12 bits per heavy atom. The molecule has 100 valence electrons. The third kappa shape index (κ3) is 2.71. The first-order chi connectivity index (χ1) is 7.40. The zero-order chi connectivity index (χ0) is 13.6. The van der Waals surface area contributed by atoms with E-state index in [9.17, 15) is 9.00 Å². The Hall–Kier alpha value is -0.420. The van der Waals surface area contributed by atoms with Crippen LogP contribution in [0.5, 0.6) is 0 Å². The summed E-state index contributed by atoms with van der Waals surface area (Å²) in [6.07, 6.45) is 0.614. The predicted molar refractivity (Wildman–Crippen MR) is 67.5 cm³/mol. The highest BCUT2D eigenvalue weighted by Gasteiger charge is 2.53. The number of hydrogen-bond acceptors (Lipinski definition) is 3. The van der Waals surface area contributed by atoms with Crippen molar-refractivity contribution < 1.29 is 18.8 Å². The molecule has 4 nitrogen and oxygen atoms in total. The minimum Gasteiger partial charge on any atom is -0.480 e. The predicted octanol–water partition coefficient (Wildman–Crippen LogP) is 1.94. The van der Waals surface area contributed by atoms with E-state index in [1.165, 1.54) is 13.8 Å². The van der Waals surface area contributed by atoms with Crippen LogP contribution in [0.4, 0.5) is 0 Å². The highest BCUT2D eigenvalue weighted by molar-refractivity contribution is 7.88. The van der Waals surface area contributed by atoms with Crippen LogP contribution in [-0.4, -0.2) is 36.5 Å². The molecule has 0 aromatic rings. The number of carboxylic acid groups (broad SMARTS) is 1. The van der Waals surface area contributed by atoms with E-state index in [2.05, 4.69) is 0 Å². The number of carbonyl (C=O) groups is 1. The third-order valence-electron chi connectivity index (χ3n) is 3.27. The average molecular weight is 262 g/mol. The third-order valence-corrected chi connectivity index (χ3v) is 5.70. The fraction of sp³-hybridized carbons (Fsp3) is 0.917. The molecule has 1 rings (SSSR count). The summed E-state index contributed by atoms with van der Waals surface area (Å²) in [5.41, 5.74) is -0.903. The topological polar surface area (TPSA) is 63.6 Å². The molecule has 1 fully saturated rings. The number of rotatable bonds is 3. The molecule has 1 heterocycles. The second-order valence-electron chi connectivity index (χ2n) is 6.27. The van der Waals surface area contributed by atoms with Crippen LogP contribution in [0.3, 0.4) is 0 Å². The lowest BCUT2D eigenvalue weighted by molar-refractivity contribution is -0.139. The largest absolute Gasteiger partial charge is 0.480 e. The van der Waals surface area contributed by atoms with Gasteiger partial charge in [-0.3, -0.25) is 9.00 Å². The van der Waals surface area contributed by atoms with Gasteiger partial charge in [0.25, 0.3) is 0 Å². The summed E-state index contributed by atoms with van der Waals surface area (Å²) in [4.78, 5) is 11.2. The molecule has 1 aliphatic heterocycles. The lowest BCUT2D eigenvalue weighted by atomic mass is 10.0. The summed E-state index contributed by atoms with van der Waals surface area (Å²) in [6, 6.07) is 0. The first-order valence-corrected chi connectivity index (χ1v) is 6.96. The molecule has 1 saturated heterocycles. The standard InChI is InChI=1S/C12H22O4S/c1-10(2)7-8(11(3,4)16-10)17(15)12(5,6)9(13)14/h8H,7H2,1-6H3,(H,13,14). The second-order valence-corrected chi connectivity index (χ2v) is 8.46. The van der Waals surface area contributed by atoms with E-state index >= 15 is 0 Å². The van der Waals surface area contributed by atoms with Gasteiger partial charge < -0.3 is 9.84 Å². The summed E-state index contributed by atoms with van der Waals surface area (Å²) in [5, 5.41) is 8.88. The van der Waals surface area contributed by atoms with Gasteiger partial charge in [0.1, 0.15) is 4.75 Å². The molecule has 17 heavy (non-hydrogen) atoms. The Bertz CT molecular complexity index is 358. The first-order valence-electron chi connectivity index (χ1n) is 5.74. The molecule has 0 aromatic carbocycles. The van der Waals surface area contributed by atoms with Crippen molar-refractivity contribution in [3.8, 4) is 0 Å². The smallest absolute Gasteiger partial charge is 0.321 e. The molecule has 0 amide bonds. The fourth-order valence-corrected chi connectivity index (χ4v) is 4.29. The van der Waals surface area contributed by atoms with Gasteiger partial charge in [0.15, 0.2) is 0 Å². The molecule has 0 bridgehead atoms. The highest BCUT2D eigenvalue weighted by Crippen LogP contribution is 2.42. The second kappa shape index (κ2) is 4.05. The Morgan fingerprint density at radius 2 is 1.82 bits per heavy atom. The van der Waals surface area contributed by atoms with Crippen molar-refractivity contribution in [3.05, 3.63) is 0 Å². The van der Waals surface area contributed by atoms with Crippen molar-refractivity contribution in [2.75, 3.05) is 0 Å². The number of aliphatic carboxylic acids is 1. The van der Waals surface area contributed by atoms with Crippen LogP contribution in [0.15, 0.2) is 0 Å². The van der Waals surface area contributed by atoms with Crippen molar-refractivity contribution in [1.29, 1.82) is 0 Å². The summed E-state index contributed by atoms with van der Waals surface area (Å²) >= 11 is 0. The summed E-state index contributed by atoms with van der Waals surface area (Å²) in [7, 11) is -1.48. The summed E-state index contributed by atoms with van der Waals surface area (Å²) < 4.78 is 17.1. The molecule has 1 N–H and O–H groups in total. The zero-order valence-corrected chi connectivity index (χ0v) is 12.2. The Labute approximate surface area is 105 Å². The normalized spacial score (nSPS) is 28.9. The van der Waals surface area contributed by atoms with E-state index in [1.54, 1.807) is 0 Å². The Morgan fingerprint density at radius 1 is 1.35 bits per heavy atom. The maximum Gasteiger partial charge on any atom is 0.321 e. The number of hydrogen-bond donors (Lipinski definition) is 1. The monoisotopic (exact) mass is 262 g/mol. The fourth-order valence-electron chi connectivity index (χ4n) is 2.29. The average Bonchev–Trinajstić information content (AvgIpc) is 2.32. The first kappa shape index (κ1) is 14.6. The molecule has 0 radical (unpaired) electrons. The van der Waals surface area contributed by atoms with Crippen molar-refractivity contribution >= 4 is 16.8 Å². The van der Waals surface area contributed by atoms with Crippen molar-refractivity contribution in [2.24, 2.45) is 0 Å². The molecule has 2 atom stereocenters. The van der Waals surface area contributed by atoms with Crippen molar-refractivity contribution in [1.82, 2.24) is 0 Å². The van der Waals surface area contributed by atoms with Crippen LogP contribution in [0.1, 0.15) is 48.0 Å². The Balaban J connectivity index is 3.03.